The van der Waals surface area contributed by atoms with Crippen molar-refractivity contribution in [3.05, 3.63) is 29.0 Å². The van der Waals surface area contributed by atoms with Crippen LogP contribution in [-0.2, 0) is 9.53 Å². The van der Waals surface area contributed by atoms with Crippen molar-refractivity contribution < 1.29 is 23.5 Å². The highest BCUT2D eigenvalue weighted by atomic mass is 35.5. The lowest BCUT2D eigenvalue weighted by atomic mass is 9.72. The van der Waals surface area contributed by atoms with E-state index in [4.69, 9.17) is 25.5 Å². The van der Waals surface area contributed by atoms with Gasteiger partial charge in [0, 0.05) is 28.6 Å². The number of carbonyl (C=O) groups is 2. The van der Waals surface area contributed by atoms with Crippen molar-refractivity contribution in [2.45, 2.75) is 51.6 Å². The van der Waals surface area contributed by atoms with Crippen LogP contribution in [-0.4, -0.2) is 42.6 Å². The summed E-state index contributed by atoms with van der Waals surface area (Å²) in [6, 6.07) is 4.97. The molecule has 2 aliphatic rings. The van der Waals surface area contributed by atoms with Crippen molar-refractivity contribution in [2.75, 3.05) is 13.7 Å². The molecular weight excluding hydrogens is 382 g/mol. The third kappa shape index (κ3) is 2.69. The fourth-order valence-corrected chi connectivity index (χ4v) is 5.20. The number of carbonyl (C=O) groups excluding carboxylic acids is 2. The molecule has 2 bridgehead atoms. The number of halogens is 1. The van der Waals surface area contributed by atoms with E-state index in [0.29, 0.717) is 41.2 Å². The van der Waals surface area contributed by atoms with E-state index in [-0.39, 0.29) is 29.7 Å². The summed E-state index contributed by atoms with van der Waals surface area (Å²) in [5.74, 6) is 0.339. The van der Waals surface area contributed by atoms with Crippen LogP contribution in [0, 0.1) is 5.41 Å². The largest absolute Gasteiger partial charge is 0.493 e. The van der Waals surface area contributed by atoms with E-state index in [0.717, 1.165) is 12.8 Å². The van der Waals surface area contributed by atoms with Crippen molar-refractivity contribution in [1.29, 1.82) is 0 Å². The van der Waals surface area contributed by atoms with Crippen molar-refractivity contribution in [3.8, 4) is 5.75 Å². The number of benzene rings is 1. The molecule has 1 aromatic carbocycles. The van der Waals surface area contributed by atoms with Crippen LogP contribution in [0.1, 0.15) is 50.1 Å². The molecule has 0 unspecified atom stereocenters. The fraction of sp³-hybridized carbons (Fsp3) is 0.524. The summed E-state index contributed by atoms with van der Waals surface area (Å²) in [5, 5.41) is 1.23. The lowest BCUT2D eigenvalue weighted by Gasteiger charge is -2.33. The number of hydrogen-bond donors (Lipinski definition) is 0. The molecule has 2 aliphatic heterocycles. The van der Waals surface area contributed by atoms with Crippen molar-refractivity contribution >= 4 is 34.4 Å². The first-order chi connectivity index (χ1) is 13.4. The number of methoxy groups -OCH3 is 1. The van der Waals surface area contributed by atoms with Crippen LogP contribution in [0.4, 0.5) is 0 Å². The van der Waals surface area contributed by atoms with Gasteiger partial charge in [-0.05, 0) is 44.7 Å². The molecule has 3 heterocycles. The Kier molecular flexibility index (Phi) is 4.78. The minimum absolute atomic E-state index is 0.0283. The second kappa shape index (κ2) is 6.99. The number of fused-ring (bicyclic) bond motifs is 3. The summed E-state index contributed by atoms with van der Waals surface area (Å²) in [6.45, 7) is 4.15. The Labute approximate surface area is 168 Å². The number of ether oxygens (including phenoxy) is 2. The van der Waals surface area contributed by atoms with Gasteiger partial charge < -0.3 is 18.8 Å². The second-order valence-electron chi connectivity index (χ2n) is 7.53. The van der Waals surface area contributed by atoms with Crippen LogP contribution in [0.15, 0.2) is 22.6 Å². The minimum atomic E-state index is -0.623. The molecule has 2 aromatic rings. The molecule has 7 heteroatoms. The number of hydrogen-bond acceptors (Lipinski definition) is 5. The van der Waals surface area contributed by atoms with E-state index in [1.807, 2.05) is 18.7 Å². The van der Waals surface area contributed by atoms with Gasteiger partial charge in [-0.25, -0.2) is 0 Å². The normalized spacial score (nSPS) is 26.1. The Morgan fingerprint density at radius 3 is 2.75 bits per heavy atom. The molecule has 0 saturated carbocycles. The van der Waals surface area contributed by atoms with Crippen molar-refractivity contribution in [3.63, 3.8) is 0 Å². The lowest BCUT2D eigenvalue weighted by Crippen LogP contribution is -2.45. The standard InChI is InChI=1S/C21H24ClNO5/c1-4-21(20(25)27-5-2)11-14-6-7-17(21)23(14)19(24)16-9-12-8-13(22)10-15(26-3)18(12)28-16/h8-10,14,17H,4-7,11H2,1-3H3/t14-,17+,21+/m1/s1. The lowest BCUT2D eigenvalue weighted by molar-refractivity contribution is -0.157. The van der Waals surface area contributed by atoms with Crippen molar-refractivity contribution in [1.82, 2.24) is 4.90 Å². The molecule has 2 saturated heterocycles. The highest BCUT2D eigenvalue weighted by molar-refractivity contribution is 6.31. The predicted molar refractivity (Wildman–Crippen MR) is 105 cm³/mol. The van der Waals surface area contributed by atoms with Gasteiger partial charge >= 0.3 is 5.97 Å². The van der Waals surface area contributed by atoms with Crippen LogP contribution in [0.2, 0.25) is 5.02 Å². The topological polar surface area (TPSA) is 69.0 Å². The summed E-state index contributed by atoms with van der Waals surface area (Å²) in [4.78, 5) is 27.9. The molecule has 3 atom stereocenters. The van der Waals surface area contributed by atoms with E-state index in [1.165, 1.54) is 7.11 Å². The maximum atomic E-state index is 13.4. The molecule has 0 aliphatic carbocycles. The molecular formula is C21H24ClNO5. The first kappa shape index (κ1) is 19.1. The average molecular weight is 406 g/mol. The van der Waals surface area contributed by atoms with E-state index >= 15 is 0 Å². The third-order valence-corrected chi connectivity index (χ3v) is 6.48. The Morgan fingerprint density at radius 2 is 2.07 bits per heavy atom. The van der Waals surface area contributed by atoms with Crippen LogP contribution in [0.5, 0.6) is 5.75 Å². The molecule has 6 nitrogen and oxygen atoms in total. The molecule has 150 valence electrons. The number of rotatable bonds is 5. The van der Waals surface area contributed by atoms with Crippen LogP contribution < -0.4 is 4.74 Å². The van der Waals surface area contributed by atoms with Gasteiger partial charge in [0.2, 0.25) is 0 Å². The molecule has 1 amide bonds. The van der Waals surface area contributed by atoms with Gasteiger partial charge in [-0.1, -0.05) is 18.5 Å². The Morgan fingerprint density at radius 1 is 1.29 bits per heavy atom. The highest BCUT2D eigenvalue weighted by Gasteiger charge is 2.61. The molecule has 1 aromatic heterocycles. The SMILES string of the molecule is CCOC(=O)[C@@]1(CC)C[C@H]2CC[C@@H]1N2C(=O)c1cc2cc(Cl)cc(OC)c2o1. The number of furan rings is 1. The van der Waals surface area contributed by atoms with E-state index in [1.54, 1.807) is 18.2 Å². The summed E-state index contributed by atoms with van der Waals surface area (Å²) < 4.78 is 16.6. The molecule has 2 fully saturated rings. The van der Waals surface area contributed by atoms with E-state index in [9.17, 15) is 9.59 Å². The van der Waals surface area contributed by atoms with Gasteiger partial charge in [0.15, 0.2) is 17.1 Å². The molecule has 0 radical (unpaired) electrons. The molecule has 4 rings (SSSR count). The van der Waals surface area contributed by atoms with Crippen LogP contribution >= 0.6 is 11.6 Å². The van der Waals surface area contributed by atoms with Crippen molar-refractivity contribution in [2.24, 2.45) is 5.41 Å². The summed E-state index contributed by atoms with van der Waals surface area (Å²) in [6.07, 6.45) is 3.00. The zero-order valence-electron chi connectivity index (χ0n) is 16.3. The number of esters is 1. The van der Waals surface area contributed by atoms with Gasteiger partial charge in [0.25, 0.3) is 5.91 Å². The maximum absolute atomic E-state index is 13.4. The molecule has 0 N–H and O–H groups in total. The Bertz CT molecular complexity index is 938. The predicted octanol–water partition coefficient (Wildman–Crippen LogP) is 4.43. The first-order valence-electron chi connectivity index (χ1n) is 9.72. The zero-order chi connectivity index (χ0) is 20.1. The maximum Gasteiger partial charge on any atom is 0.314 e. The van der Waals surface area contributed by atoms with Gasteiger partial charge in [-0.3, -0.25) is 9.59 Å². The molecule has 28 heavy (non-hydrogen) atoms. The fourth-order valence-electron chi connectivity index (χ4n) is 4.98. The number of amides is 1. The van der Waals surface area contributed by atoms with Crippen LogP contribution in [0.25, 0.3) is 11.0 Å². The van der Waals surface area contributed by atoms with E-state index in [2.05, 4.69) is 0 Å². The monoisotopic (exact) mass is 405 g/mol. The molecule has 0 spiro atoms. The summed E-state index contributed by atoms with van der Waals surface area (Å²) in [5.41, 5.74) is -0.129. The summed E-state index contributed by atoms with van der Waals surface area (Å²) in [7, 11) is 1.53. The highest BCUT2D eigenvalue weighted by Crippen LogP contribution is 2.53. The zero-order valence-corrected chi connectivity index (χ0v) is 17.0. The number of nitrogens with zero attached hydrogens (tertiary/aromatic N) is 1. The van der Waals surface area contributed by atoms with Gasteiger partial charge in [-0.15, -0.1) is 0 Å². The second-order valence-corrected chi connectivity index (χ2v) is 7.97. The Hall–Kier alpha value is -2.21. The quantitative estimate of drug-likeness (QED) is 0.688. The Balaban J connectivity index is 1.69. The van der Waals surface area contributed by atoms with Crippen LogP contribution in [0.3, 0.4) is 0 Å². The van der Waals surface area contributed by atoms with Gasteiger partial charge in [0.1, 0.15) is 0 Å². The summed E-state index contributed by atoms with van der Waals surface area (Å²) >= 11 is 6.13. The smallest absolute Gasteiger partial charge is 0.314 e. The van der Waals surface area contributed by atoms with Gasteiger partial charge in [0.05, 0.1) is 19.1 Å². The first-order valence-corrected chi connectivity index (χ1v) is 10.1. The third-order valence-electron chi connectivity index (χ3n) is 6.27. The average Bonchev–Trinajstić information content (AvgIpc) is 3.38. The van der Waals surface area contributed by atoms with Gasteiger partial charge in [-0.2, -0.15) is 0 Å². The van der Waals surface area contributed by atoms with E-state index < -0.39 is 5.41 Å². The minimum Gasteiger partial charge on any atom is -0.493 e.